The van der Waals surface area contributed by atoms with E-state index in [-0.39, 0.29) is 24.9 Å². The van der Waals surface area contributed by atoms with E-state index in [1.165, 1.54) is 0 Å². The average molecular weight is 465 g/mol. The van der Waals surface area contributed by atoms with E-state index in [1.54, 1.807) is 6.08 Å². The van der Waals surface area contributed by atoms with Crippen molar-refractivity contribution in [1.82, 2.24) is 10.6 Å². The highest BCUT2D eigenvalue weighted by molar-refractivity contribution is 5.86. The molecule has 3 N–H and O–H groups in total. The molecule has 2 aromatic rings. The SMILES string of the molecule is C=CCCC(NC(=O)OCC1c2ccccc2-c2ccccc21)C(=O)NC(CC(=O)O)C(C)C. The van der Waals surface area contributed by atoms with Crippen LogP contribution in [0.15, 0.2) is 61.2 Å². The highest BCUT2D eigenvalue weighted by Crippen LogP contribution is 2.44. The van der Waals surface area contributed by atoms with Gasteiger partial charge in [-0.1, -0.05) is 68.5 Å². The summed E-state index contributed by atoms with van der Waals surface area (Å²) < 4.78 is 5.57. The van der Waals surface area contributed by atoms with Crippen LogP contribution in [-0.2, 0) is 14.3 Å². The van der Waals surface area contributed by atoms with Crippen LogP contribution in [0.2, 0.25) is 0 Å². The molecule has 0 bridgehead atoms. The second-order valence-corrected chi connectivity index (χ2v) is 8.85. The van der Waals surface area contributed by atoms with Gasteiger partial charge in [0.25, 0.3) is 0 Å². The second kappa shape index (κ2) is 11.5. The van der Waals surface area contributed by atoms with Crippen molar-refractivity contribution in [2.75, 3.05) is 6.61 Å². The monoisotopic (exact) mass is 464 g/mol. The van der Waals surface area contributed by atoms with Gasteiger partial charge < -0.3 is 20.5 Å². The van der Waals surface area contributed by atoms with E-state index >= 15 is 0 Å². The highest BCUT2D eigenvalue weighted by atomic mass is 16.5. The fourth-order valence-corrected chi connectivity index (χ4v) is 4.26. The summed E-state index contributed by atoms with van der Waals surface area (Å²) in [6.07, 6.45) is 1.62. The minimum atomic E-state index is -0.994. The summed E-state index contributed by atoms with van der Waals surface area (Å²) in [6, 6.07) is 14.7. The number of ether oxygens (including phenoxy) is 1. The molecule has 0 heterocycles. The number of carboxylic acid groups (broad SMARTS) is 1. The molecule has 2 unspecified atom stereocenters. The van der Waals surface area contributed by atoms with Gasteiger partial charge in [0.1, 0.15) is 12.6 Å². The van der Waals surface area contributed by atoms with Gasteiger partial charge in [0, 0.05) is 12.0 Å². The molecule has 0 saturated carbocycles. The summed E-state index contributed by atoms with van der Waals surface area (Å²) in [7, 11) is 0. The van der Waals surface area contributed by atoms with E-state index in [0.29, 0.717) is 12.8 Å². The van der Waals surface area contributed by atoms with Crippen molar-refractivity contribution >= 4 is 18.0 Å². The predicted octanol–water partition coefficient (Wildman–Crippen LogP) is 4.48. The maximum Gasteiger partial charge on any atom is 0.407 e. The molecule has 7 nitrogen and oxygen atoms in total. The number of nitrogens with one attached hydrogen (secondary N) is 2. The summed E-state index contributed by atoms with van der Waals surface area (Å²) >= 11 is 0. The number of amides is 2. The summed E-state index contributed by atoms with van der Waals surface area (Å²) in [6.45, 7) is 7.50. The molecular formula is C27H32N2O5. The number of hydrogen-bond acceptors (Lipinski definition) is 4. The fraction of sp³-hybridized carbons (Fsp3) is 0.370. The largest absolute Gasteiger partial charge is 0.481 e. The lowest BCUT2D eigenvalue weighted by Crippen LogP contribution is -2.51. The Balaban J connectivity index is 1.65. The number of aliphatic carboxylic acids is 1. The van der Waals surface area contributed by atoms with Crippen molar-refractivity contribution in [2.24, 2.45) is 5.92 Å². The minimum Gasteiger partial charge on any atom is -0.481 e. The molecule has 1 aliphatic carbocycles. The lowest BCUT2D eigenvalue weighted by Gasteiger charge is -2.25. The lowest BCUT2D eigenvalue weighted by molar-refractivity contribution is -0.138. The first kappa shape index (κ1) is 25.0. The molecule has 2 atom stereocenters. The third kappa shape index (κ3) is 6.04. The van der Waals surface area contributed by atoms with Crippen LogP contribution < -0.4 is 10.6 Å². The smallest absolute Gasteiger partial charge is 0.407 e. The summed E-state index contributed by atoms with van der Waals surface area (Å²) in [4.78, 5) is 36.7. The van der Waals surface area contributed by atoms with Gasteiger partial charge in [-0.3, -0.25) is 9.59 Å². The first-order chi connectivity index (χ1) is 16.3. The van der Waals surface area contributed by atoms with Crippen LogP contribution in [0.4, 0.5) is 4.79 Å². The molecule has 7 heteroatoms. The van der Waals surface area contributed by atoms with Crippen LogP contribution in [-0.4, -0.2) is 41.8 Å². The van der Waals surface area contributed by atoms with Crippen LogP contribution in [0.5, 0.6) is 0 Å². The molecule has 0 aromatic heterocycles. The second-order valence-electron chi connectivity index (χ2n) is 8.85. The Labute approximate surface area is 200 Å². The van der Waals surface area contributed by atoms with Gasteiger partial charge >= 0.3 is 12.1 Å². The van der Waals surface area contributed by atoms with Crippen LogP contribution >= 0.6 is 0 Å². The number of hydrogen-bond donors (Lipinski definition) is 3. The molecule has 0 saturated heterocycles. The number of carbonyl (C=O) groups is 3. The zero-order chi connectivity index (χ0) is 24.7. The molecule has 0 fully saturated rings. The molecular weight excluding hydrogens is 432 g/mol. The Morgan fingerprint density at radius 2 is 1.62 bits per heavy atom. The maximum atomic E-state index is 12.9. The minimum absolute atomic E-state index is 0.0745. The van der Waals surface area contributed by atoms with E-state index in [9.17, 15) is 14.4 Å². The van der Waals surface area contributed by atoms with Gasteiger partial charge in [-0.2, -0.15) is 0 Å². The molecule has 0 aliphatic heterocycles. The Bertz CT molecular complexity index is 1000. The molecule has 34 heavy (non-hydrogen) atoms. The quantitative estimate of drug-likeness (QED) is 0.426. The molecule has 3 rings (SSSR count). The number of fused-ring (bicyclic) bond motifs is 3. The summed E-state index contributed by atoms with van der Waals surface area (Å²) in [5.74, 6) is -1.59. The third-order valence-corrected chi connectivity index (χ3v) is 6.14. The number of rotatable bonds is 11. The molecule has 0 spiro atoms. The Kier molecular flexibility index (Phi) is 8.46. The maximum absolute atomic E-state index is 12.9. The van der Waals surface area contributed by atoms with Crippen molar-refractivity contribution in [3.05, 3.63) is 72.3 Å². The van der Waals surface area contributed by atoms with E-state index in [4.69, 9.17) is 9.84 Å². The van der Waals surface area contributed by atoms with Crippen molar-refractivity contribution in [2.45, 2.75) is 51.1 Å². The molecule has 2 aromatic carbocycles. The summed E-state index contributed by atoms with van der Waals surface area (Å²) in [5, 5.41) is 14.5. The Morgan fingerprint density at radius 3 is 2.15 bits per heavy atom. The van der Waals surface area contributed by atoms with Crippen LogP contribution in [0, 0.1) is 5.92 Å². The zero-order valence-corrected chi connectivity index (χ0v) is 19.6. The zero-order valence-electron chi connectivity index (χ0n) is 19.6. The lowest BCUT2D eigenvalue weighted by atomic mass is 9.98. The first-order valence-electron chi connectivity index (χ1n) is 11.6. The van der Waals surface area contributed by atoms with Gasteiger partial charge in [-0.25, -0.2) is 4.79 Å². The number of benzene rings is 2. The van der Waals surface area contributed by atoms with Gasteiger partial charge in [0.15, 0.2) is 0 Å². The van der Waals surface area contributed by atoms with Crippen LogP contribution in [0.1, 0.15) is 50.2 Å². The van der Waals surface area contributed by atoms with Crippen LogP contribution in [0.25, 0.3) is 11.1 Å². The van der Waals surface area contributed by atoms with Crippen LogP contribution in [0.3, 0.4) is 0 Å². The Hall–Kier alpha value is -3.61. The van der Waals surface area contributed by atoms with Crippen molar-refractivity contribution in [1.29, 1.82) is 0 Å². The fourth-order valence-electron chi connectivity index (χ4n) is 4.26. The predicted molar refractivity (Wildman–Crippen MR) is 130 cm³/mol. The van der Waals surface area contributed by atoms with E-state index in [2.05, 4.69) is 29.3 Å². The molecule has 2 amide bonds. The van der Waals surface area contributed by atoms with Gasteiger partial charge in [0.2, 0.25) is 5.91 Å². The van der Waals surface area contributed by atoms with E-state index < -0.39 is 30.1 Å². The van der Waals surface area contributed by atoms with Crippen molar-refractivity contribution < 1.29 is 24.2 Å². The molecule has 180 valence electrons. The highest BCUT2D eigenvalue weighted by Gasteiger charge is 2.30. The average Bonchev–Trinajstić information content (AvgIpc) is 3.13. The number of carbonyl (C=O) groups excluding carboxylic acids is 2. The summed E-state index contributed by atoms with van der Waals surface area (Å²) in [5.41, 5.74) is 4.47. The molecule has 0 radical (unpaired) electrons. The van der Waals surface area contributed by atoms with Gasteiger partial charge in [-0.15, -0.1) is 6.58 Å². The van der Waals surface area contributed by atoms with Crippen molar-refractivity contribution in [3.63, 3.8) is 0 Å². The normalized spacial score (nSPS) is 14.0. The van der Waals surface area contributed by atoms with Gasteiger partial charge in [-0.05, 0) is 41.0 Å². The van der Waals surface area contributed by atoms with E-state index in [0.717, 1.165) is 22.3 Å². The standard InChI is InChI=1S/C27H32N2O5/c1-4-5-14-23(26(32)28-24(17(2)3)15-25(30)31)29-27(33)34-16-22-20-12-8-6-10-18(20)19-11-7-9-13-21(19)22/h4,6-13,17,22-24H,1,5,14-16H2,2-3H3,(H,28,32)(H,29,33)(H,30,31). The van der Waals surface area contributed by atoms with E-state index in [1.807, 2.05) is 50.2 Å². The Morgan fingerprint density at radius 1 is 1.03 bits per heavy atom. The van der Waals surface area contributed by atoms with Crippen molar-refractivity contribution in [3.8, 4) is 11.1 Å². The number of carboxylic acids is 1. The topological polar surface area (TPSA) is 105 Å². The van der Waals surface area contributed by atoms with Gasteiger partial charge in [0.05, 0.1) is 6.42 Å². The first-order valence-corrected chi connectivity index (χ1v) is 11.6. The number of alkyl carbamates (subject to hydrolysis) is 1. The third-order valence-electron chi connectivity index (χ3n) is 6.14. The molecule has 1 aliphatic rings. The number of allylic oxidation sites excluding steroid dienone is 1.